The zero-order valence-electron chi connectivity index (χ0n) is 13.3. The molecule has 1 aromatic heterocycles. The molecule has 1 saturated carbocycles. The maximum absolute atomic E-state index is 12.3. The molecule has 0 bridgehead atoms. The van der Waals surface area contributed by atoms with Crippen molar-refractivity contribution in [2.24, 2.45) is 0 Å². The topological polar surface area (TPSA) is 92.4 Å². The number of benzene rings is 1. The molecule has 1 aliphatic carbocycles. The molecule has 1 aromatic carbocycles. The molecule has 3 rings (SSSR count). The van der Waals surface area contributed by atoms with Crippen molar-refractivity contribution in [1.82, 2.24) is 10.3 Å². The Morgan fingerprint density at radius 3 is 2.54 bits per heavy atom. The van der Waals surface area contributed by atoms with Crippen LogP contribution in [0.4, 0.5) is 0 Å². The Balaban J connectivity index is 1.67. The van der Waals surface area contributed by atoms with Gasteiger partial charge >= 0.3 is 5.97 Å². The molecule has 0 atom stereocenters. The number of oxazole rings is 1. The van der Waals surface area contributed by atoms with Crippen LogP contribution in [0.1, 0.15) is 37.8 Å². The first-order valence-electron chi connectivity index (χ1n) is 8.13. The average molecular weight is 328 g/mol. The second-order valence-electron chi connectivity index (χ2n) is 6.18. The summed E-state index contributed by atoms with van der Waals surface area (Å²) >= 11 is 0. The van der Waals surface area contributed by atoms with Gasteiger partial charge in [-0.05, 0) is 25.0 Å². The predicted molar refractivity (Wildman–Crippen MR) is 87.2 cm³/mol. The van der Waals surface area contributed by atoms with Crippen LogP contribution in [0.25, 0.3) is 11.5 Å². The number of aromatic nitrogens is 1. The van der Waals surface area contributed by atoms with Crippen LogP contribution in [-0.2, 0) is 16.0 Å². The summed E-state index contributed by atoms with van der Waals surface area (Å²) < 4.78 is 5.41. The first-order chi connectivity index (χ1) is 11.6. The van der Waals surface area contributed by atoms with E-state index in [9.17, 15) is 14.7 Å². The minimum absolute atomic E-state index is 0.00532. The lowest BCUT2D eigenvalue weighted by molar-refractivity contribution is -0.149. The van der Waals surface area contributed by atoms with Crippen LogP contribution < -0.4 is 5.32 Å². The quantitative estimate of drug-likeness (QED) is 0.880. The first-order valence-corrected chi connectivity index (χ1v) is 8.13. The molecule has 0 radical (unpaired) electrons. The van der Waals surface area contributed by atoms with Gasteiger partial charge in [-0.1, -0.05) is 37.5 Å². The van der Waals surface area contributed by atoms with Gasteiger partial charge < -0.3 is 14.8 Å². The van der Waals surface area contributed by atoms with Gasteiger partial charge in [0.2, 0.25) is 11.8 Å². The molecule has 2 aromatic rings. The minimum atomic E-state index is -1.14. The monoisotopic (exact) mass is 328 g/mol. The third-order valence-corrected chi connectivity index (χ3v) is 4.41. The van der Waals surface area contributed by atoms with Crippen LogP contribution >= 0.6 is 0 Å². The van der Waals surface area contributed by atoms with Crippen molar-refractivity contribution in [3.05, 3.63) is 42.3 Å². The highest BCUT2D eigenvalue weighted by molar-refractivity contribution is 5.87. The second-order valence-corrected chi connectivity index (χ2v) is 6.18. The fourth-order valence-electron chi connectivity index (χ4n) is 3.12. The van der Waals surface area contributed by atoms with Crippen molar-refractivity contribution >= 4 is 11.9 Å². The highest BCUT2D eigenvalue weighted by Gasteiger charge is 2.40. The van der Waals surface area contributed by atoms with Gasteiger partial charge in [0.05, 0.1) is 12.1 Å². The Hall–Kier alpha value is -2.63. The summed E-state index contributed by atoms with van der Waals surface area (Å²) in [6.07, 6.45) is 5.03. The van der Waals surface area contributed by atoms with E-state index in [1.165, 1.54) is 6.26 Å². The molecular formula is C18H20N2O4. The lowest BCUT2D eigenvalue weighted by Crippen LogP contribution is -2.56. The van der Waals surface area contributed by atoms with Crippen molar-refractivity contribution in [1.29, 1.82) is 0 Å². The van der Waals surface area contributed by atoms with Crippen LogP contribution in [0.5, 0.6) is 0 Å². The molecule has 126 valence electrons. The summed E-state index contributed by atoms with van der Waals surface area (Å²) in [5.41, 5.74) is 0.183. The smallest absolute Gasteiger partial charge is 0.329 e. The molecule has 6 nitrogen and oxygen atoms in total. The Kier molecular flexibility index (Phi) is 4.64. The fraction of sp³-hybridized carbons (Fsp3) is 0.389. The van der Waals surface area contributed by atoms with Gasteiger partial charge in [-0.2, -0.15) is 0 Å². The molecule has 0 saturated heterocycles. The van der Waals surface area contributed by atoms with E-state index in [2.05, 4.69) is 10.3 Å². The number of nitrogens with one attached hydrogen (secondary N) is 1. The van der Waals surface area contributed by atoms with Crippen molar-refractivity contribution < 1.29 is 19.1 Å². The first kappa shape index (κ1) is 16.2. The Morgan fingerprint density at radius 1 is 1.17 bits per heavy atom. The van der Waals surface area contributed by atoms with E-state index in [0.29, 0.717) is 24.4 Å². The van der Waals surface area contributed by atoms with E-state index < -0.39 is 11.5 Å². The molecule has 0 spiro atoms. The molecule has 0 aliphatic heterocycles. The highest BCUT2D eigenvalue weighted by atomic mass is 16.4. The Bertz CT molecular complexity index is 718. The lowest BCUT2D eigenvalue weighted by atomic mass is 9.81. The molecular weight excluding hydrogens is 308 g/mol. The summed E-state index contributed by atoms with van der Waals surface area (Å²) in [7, 11) is 0. The van der Waals surface area contributed by atoms with Gasteiger partial charge in [-0.25, -0.2) is 9.78 Å². The summed E-state index contributed by atoms with van der Waals surface area (Å²) in [6, 6.07) is 9.40. The molecule has 1 aliphatic rings. The highest BCUT2D eigenvalue weighted by Crippen LogP contribution is 2.28. The van der Waals surface area contributed by atoms with E-state index in [1.807, 2.05) is 30.3 Å². The molecule has 2 N–H and O–H groups in total. The zero-order chi connectivity index (χ0) is 17.0. The summed E-state index contributed by atoms with van der Waals surface area (Å²) in [5, 5.41) is 12.2. The number of carbonyl (C=O) groups excluding carboxylic acids is 1. The van der Waals surface area contributed by atoms with Gasteiger partial charge in [-0.15, -0.1) is 0 Å². The van der Waals surface area contributed by atoms with E-state index in [4.69, 9.17) is 4.42 Å². The number of amides is 1. The van der Waals surface area contributed by atoms with E-state index in [-0.39, 0.29) is 12.3 Å². The maximum Gasteiger partial charge on any atom is 0.329 e. The van der Waals surface area contributed by atoms with Crippen LogP contribution in [-0.4, -0.2) is 27.5 Å². The number of hydrogen-bond acceptors (Lipinski definition) is 4. The Labute approximate surface area is 139 Å². The summed E-state index contributed by atoms with van der Waals surface area (Å²) in [6.45, 7) is 0. The number of carboxylic acid groups (broad SMARTS) is 1. The van der Waals surface area contributed by atoms with Crippen molar-refractivity contribution in [3.63, 3.8) is 0 Å². The summed E-state index contributed by atoms with van der Waals surface area (Å²) in [4.78, 5) is 28.2. The largest absolute Gasteiger partial charge is 0.480 e. The maximum atomic E-state index is 12.3. The fourth-order valence-corrected chi connectivity index (χ4v) is 3.12. The normalized spacial score (nSPS) is 16.5. The lowest BCUT2D eigenvalue weighted by Gasteiger charge is -2.33. The number of carboxylic acids is 1. The number of carbonyl (C=O) groups is 2. The van der Waals surface area contributed by atoms with Crippen LogP contribution in [0.2, 0.25) is 0 Å². The number of aliphatic carboxylic acids is 1. The van der Waals surface area contributed by atoms with Gasteiger partial charge in [0, 0.05) is 5.56 Å². The standard InChI is InChI=1S/C18H20N2O4/c21-15(20-18(17(22)23)9-5-2-6-10-18)11-14-12-24-16(19-14)13-7-3-1-4-8-13/h1,3-4,7-8,12H,2,5-6,9-11H2,(H,20,21)(H,22,23). The number of hydrogen-bond donors (Lipinski definition) is 2. The van der Waals surface area contributed by atoms with Crippen molar-refractivity contribution in [3.8, 4) is 11.5 Å². The van der Waals surface area contributed by atoms with Gasteiger partial charge in [0.1, 0.15) is 11.8 Å². The minimum Gasteiger partial charge on any atom is -0.480 e. The molecule has 1 heterocycles. The molecule has 0 unspecified atom stereocenters. The van der Waals surface area contributed by atoms with Crippen LogP contribution in [0.15, 0.2) is 41.0 Å². The third kappa shape index (κ3) is 3.48. The van der Waals surface area contributed by atoms with Crippen LogP contribution in [0, 0.1) is 0 Å². The van der Waals surface area contributed by atoms with Crippen molar-refractivity contribution in [2.75, 3.05) is 0 Å². The van der Waals surface area contributed by atoms with E-state index >= 15 is 0 Å². The van der Waals surface area contributed by atoms with Crippen molar-refractivity contribution in [2.45, 2.75) is 44.1 Å². The molecule has 1 amide bonds. The van der Waals surface area contributed by atoms with Crippen LogP contribution in [0.3, 0.4) is 0 Å². The van der Waals surface area contributed by atoms with E-state index in [0.717, 1.165) is 24.8 Å². The molecule has 6 heteroatoms. The second kappa shape index (κ2) is 6.86. The summed E-state index contributed by atoms with van der Waals surface area (Å²) in [5.74, 6) is -0.850. The number of nitrogens with zero attached hydrogens (tertiary/aromatic N) is 1. The van der Waals surface area contributed by atoms with E-state index in [1.54, 1.807) is 0 Å². The zero-order valence-corrected chi connectivity index (χ0v) is 13.3. The van der Waals surface area contributed by atoms with Gasteiger partial charge in [-0.3, -0.25) is 4.79 Å². The molecule has 24 heavy (non-hydrogen) atoms. The SMILES string of the molecule is O=C(Cc1coc(-c2ccccc2)n1)NC1(C(=O)O)CCCCC1. The van der Waals surface area contributed by atoms with Gasteiger partial charge in [0.15, 0.2) is 0 Å². The number of rotatable bonds is 5. The predicted octanol–water partition coefficient (Wildman–Crippen LogP) is 2.79. The van der Waals surface area contributed by atoms with Gasteiger partial charge in [0.25, 0.3) is 0 Å². The average Bonchev–Trinajstić information content (AvgIpc) is 3.04. The molecule has 1 fully saturated rings. The Morgan fingerprint density at radius 2 is 1.88 bits per heavy atom. The third-order valence-electron chi connectivity index (χ3n) is 4.41.